The van der Waals surface area contributed by atoms with Crippen LogP contribution in [0.1, 0.15) is 93.7 Å². The van der Waals surface area contributed by atoms with Crippen LogP contribution in [-0.2, 0) is 27.3 Å². The number of benzene rings is 2. The maximum absolute atomic E-state index is 14.3. The van der Waals surface area contributed by atoms with E-state index in [1.54, 1.807) is 0 Å². The molecule has 0 spiro atoms. The van der Waals surface area contributed by atoms with Gasteiger partial charge in [-0.25, -0.2) is 0 Å². The van der Waals surface area contributed by atoms with Gasteiger partial charge >= 0.3 is 0 Å². The summed E-state index contributed by atoms with van der Waals surface area (Å²) in [5.41, 5.74) is 19.3. The minimum atomic E-state index is -0.813. The molecular formula is C37H54N8O3. The molecule has 3 atom stereocenters. The molecule has 0 heterocycles. The number of amidine groups is 1. The standard InChI is InChI=1S/C37H54N8O3/c38-33(39)29-20-18-25(19-21-29)23-30(27-13-6-2-7-14-27)34(46)45-32(28-15-8-3-9-16-28)36(48)44-31(17-10-22-42-37(40)41)35(47)43-24-26-11-4-1-5-12-26/h1,4-5,11-12,18-21,27-28,30-32H,2-3,6-10,13-17,22-24H2,(H3,38,39)(H,43,47)(H,44,48)(H,45,46)(H4,40,41,42). The lowest BCUT2D eigenvalue weighted by atomic mass is 9.76. The Hall–Kier alpha value is -4.41. The van der Waals surface area contributed by atoms with Crippen LogP contribution in [0.15, 0.2) is 59.6 Å². The van der Waals surface area contributed by atoms with Crippen molar-refractivity contribution < 1.29 is 14.4 Å². The van der Waals surface area contributed by atoms with Crippen molar-refractivity contribution in [1.29, 1.82) is 5.41 Å². The van der Waals surface area contributed by atoms with Crippen molar-refractivity contribution in [2.24, 2.45) is 39.9 Å². The van der Waals surface area contributed by atoms with E-state index in [1.807, 2.05) is 54.6 Å². The van der Waals surface area contributed by atoms with Gasteiger partial charge in [-0.2, -0.15) is 0 Å². The first-order valence-corrected chi connectivity index (χ1v) is 17.6. The fourth-order valence-electron chi connectivity index (χ4n) is 7.15. The molecule has 2 aliphatic rings. The van der Waals surface area contributed by atoms with Crippen molar-refractivity contribution in [3.05, 3.63) is 71.3 Å². The second-order valence-corrected chi connectivity index (χ2v) is 13.4. The summed E-state index contributed by atoms with van der Waals surface area (Å²) < 4.78 is 0. The molecule has 0 radical (unpaired) electrons. The highest BCUT2D eigenvalue weighted by Crippen LogP contribution is 2.33. The van der Waals surface area contributed by atoms with E-state index in [9.17, 15) is 14.4 Å². The topological polar surface area (TPSA) is 202 Å². The lowest BCUT2D eigenvalue weighted by Crippen LogP contribution is -2.57. The average molecular weight is 659 g/mol. The normalized spacial score (nSPS) is 17.3. The summed E-state index contributed by atoms with van der Waals surface area (Å²) in [4.78, 5) is 45.9. The number of guanidine groups is 1. The number of hydrogen-bond donors (Lipinski definition) is 7. The number of nitrogens with zero attached hydrogens (tertiary/aromatic N) is 1. The predicted molar refractivity (Wildman–Crippen MR) is 190 cm³/mol. The van der Waals surface area contributed by atoms with Crippen LogP contribution < -0.4 is 33.2 Å². The zero-order valence-corrected chi connectivity index (χ0v) is 28.1. The Kier molecular flexibility index (Phi) is 14.3. The van der Waals surface area contributed by atoms with Gasteiger partial charge in [0.05, 0.1) is 0 Å². The number of nitrogens with two attached hydrogens (primary N) is 3. The summed E-state index contributed by atoms with van der Waals surface area (Å²) in [6.45, 7) is 0.666. The first kappa shape index (κ1) is 36.4. The van der Waals surface area contributed by atoms with Gasteiger partial charge in [-0.05, 0) is 67.9 Å². The van der Waals surface area contributed by atoms with Gasteiger partial charge in [-0.15, -0.1) is 0 Å². The van der Waals surface area contributed by atoms with Crippen molar-refractivity contribution in [2.45, 2.75) is 102 Å². The summed E-state index contributed by atoms with van der Waals surface area (Å²) in [7, 11) is 0. The van der Waals surface area contributed by atoms with Gasteiger partial charge in [0.15, 0.2) is 5.96 Å². The minimum Gasteiger partial charge on any atom is -0.384 e. The molecule has 11 heteroatoms. The number of nitrogens with one attached hydrogen (secondary N) is 4. The van der Waals surface area contributed by atoms with Gasteiger partial charge in [0.2, 0.25) is 17.7 Å². The lowest BCUT2D eigenvalue weighted by Gasteiger charge is -2.34. The summed E-state index contributed by atoms with van der Waals surface area (Å²) in [5.74, 6) is -0.838. The highest BCUT2D eigenvalue weighted by molar-refractivity contribution is 5.95. The molecule has 2 saturated carbocycles. The number of amides is 3. The van der Waals surface area contributed by atoms with Crippen LogP contribution in [0.4, 0.5) is 0 Å². The van der Waals surface area contributed by atoms with Crippen LogP contribution in [-0.4, -0.2) is 48.1 Å². The molecule has 11 nitrogen and oxygen atoms in total. The molecule has 3 unspecified atom stereocenters. The maximum atomic E-state index is 14.3. The van der Waals surface area contributed by atoms with Crippen LogP contribution in [0.2, 0.25) is 0 Å². The van der Waals surface area contributed by atoms with Gasteiger partial charge in [0, 0.05) is 24.6 Å². The number of nitrogen functional groups attached to an aromatic ring is 1. The number of hydrogen-bond acceptors (Lipinski definition) is 5. The summed E-state index contributed by atoms with van der Waals surface area (Å²) in [5, 5.41) is 16.9. The second-order valence-electron chi connectivity index (χ2n) is 13.4. The van der Waals surface area contributed by atoms with E-state index in [2.05, 4.69) is 20.9 Å². The SMILES string of the molecule is N=C(N)c1ccc(CC(C(=O)NC(C(=O)NC(CCCN=C(N)N)C(=O)NCc2ccccc2)C2CCCCC2)C2CCCCC2)cc1. The molecule has 3 amide bonds. The van der Waals surface area contributed by atoms with E-state index in [0.29, 0.717) is 37.9 Å². The van der Waals surface area contributed by atoms with Gasteiger partial charge < -0.3 is 33.2 Å². The predicted octanol–water partition coefficient (Wildman–Crippen LogP) is 3.63. The van der Waals surface area contributed by atoms with E-state index < -0.39 is 12.1 Å². The van der Waals surface area contributed by atoms with Crippen molar-refractivity contribution in [3.63, 3.8) is 0 Å². The average Bonchev–Trinajstić information content (AvgIpc) is 3.10. The summed E-state index contributed by atoms with van der Waals surface area (Å²) >= 11 is 0. The zero-order valence-electron chi connectivity index (χ0n) is 28.1. The smallest absolute Gasteiger partial charge is 0.243 e. The highest BCUT2D eigenvalue weighted by Gasteiger charge is 2.37. The molecule has 4 rings (SSSR count). The Bertz CT molecular complexity index is 1360. The summed E-state index contributed by atoms with van der Waals surface area (Å²) in [6, 6.07) is 15.6. The number of rotatable bonds is 16. The van der Waals surface area contributed by atoms with E-state index in [4.69, 9.17) is 22.6 Å². The lowest BCUT2D eigenvalue weighted by molar-refractivity contribution is -0.135. The molecule has 2 aromatic carbocycles. The third-order valence-corrected chi connectivity index (χ3v) is 9.87. The van der Waals surface area contributed by atoms with Gasteiger partial charge in [-0.1, -0.05) is 93.1 Å². The molecule has 260 valence electrons. The van der Waals surface area contributed by atoms with Crippen molar-refractivity contribution in [3.8, 4) is 0 Å². The third-order valence-electron chi connectivity index (χ3n) is 9.87. The van der Waals surface area contributed by atoms with E-state index in [1.165, 1.54) is 6.42 Å². The van der Waals surface area contributed by atoms with Crippen LogP contribution in [0.25, 0.3) is 0 Å². The van der Waals surface area contributed by atoms with Gasteiger partial charge in [-0.3, -0.25) is 24.8 Å². The first-order valence-electron chi connectivity index (χ1n) is 17.6. The Balaban J connectivity index is 1.52. The first-order chi connectivity index (χ1) is 23.2. The van der Waals surface area contributed by atoms with Crippen LogP contribution >= 0.6 is 0 Å². The number of carbonyl (C=O) groups is 3. The third kappa shape index (κ3) is 11.4. The number of aliphatic imine (C=N–C) groups is 1. The van der Waals surface area contributed by atoms with E-state index >= 15 is 0 Å². The molecule has 2 fully saturated rings. The molecule has 0 aliphatic heterocycles. The molecule has 0 saturated heterocycles. The van der Waals surface area contributed by atoms with Crippen LogP contribution in [0.3, 0.4) is 0 Å². The monoisotopic (exact) mass is 658 g/mol. The quantitative estimate of drug-likeness (QED) is 0.0815. The molecule has 2 aliphatic carbocycles. The van der Waals surface area contributed by atoms with Crippen LogP contribution in [0.5, 0.6) is 0 Å². The molecule has 10 N–H and O–H groups in total. The fourth-order valence-corrected chi connectivity index (χ4v) is 7.15. The van der Waals surface area contributed by atoms with Gasteiger partial charge in [0.25, 0.3) is 0 Å². The Morgan fingerprint density at radius 1 is 0.750 bits per heavy atom. The zero-order chi connectivity index (χ0) is 34.3. The Morgan fingerprint density at radius 3 is 1.98 bits per heavy atom. The Morgan fingerprint density at radius 2 is 1.38 bits per heavy atom. The van der Waals surface area contributed by atoms with Crippen LogP contribution in [0, 0.1) is 23.2 Å². The largest absolute Gasteiger partial charge is 0.384 e. The van der Waals surface area contributed by atoms with E-state index in [0.717, 1.165) is 68.9 Å². The van der Waals surface area contributed by atoms with Crippen molar-refractivity contribution >= 4 is 29.5 Å². The minimum absolute atomic E-state index is 0.00718. The highest BCUT2D eigenvalue weighted by atomic mass is 16.2. The second kappa shape index (κ2) is 18.8. The van der Waals surface area contributed by atoms with Crippen molar-refractivity contribution in [2.75, 3.05) is 6.54 Å². The molecule has 48 heavy (non-hydrogen) atoms. The maximum Gasteiger partial charge on any atom is 0.243 e. The van der Waals surface area contributed by atoms with Crippen molar-refractivity contribution in [1.82, 2.24) is 16.0 Å². The van der Waals surface area contributed by atoms with E-state index in [-0.39, 0.29) is 47.3 Å². The molecule has 2 aromatic rings. The molecule has 0 bridgehead atoms. The number of carbonyl (C=O) groups excluding carboxylic acids is 3. The molecule has 0 aromatic heterocycles. The Labute approximate surface area is 284 Å². The fraction of sp³-hybridized carbons (Fsp3) is 0.541. The summed E-state index contributed by atoms with van der Waals surface area (Å²) in [6.07, 6.45) is 11.5. The van der Waals surface area contributed by atoms with Gasteiger partial charge in [0.1, 0.15) is 17.9 Å². The molecular weight excluding hydrogens is 604 g/mol.